The lowest BCUT2D eigenvalue weighted by molar-refractivity contribution is 0.949. The number of nitrogens with one attached hydrogen (secondary N) is 1. The van der Waals surface area contributed by atoms with Gasteiger partial charge >= 0.3 is 0 Å². The van der Waals surface area contributed by atoms with Crippen molar-refractivity contribution >= 4 is 5.82 Å². The first-order valence-corrected chi connectivity index (χ1v) is 5.24. The fraction of sp³-hybridized carbons (Fsp3) is 0.167. The number of rotatable bonds is 4. The zero-order valence-electron chi connectivity index (χ0n) is 9.17. The number of pyridine rings is 1. The van der Waals surface area contributed by atoms with Crippen LogP contribution in [0.25, 0.3) is 0 Å². The lowest BCUT2D eigenvalue weighted by Gasteiger charge is -2.05. The summed E-state index contributed by atoms with van der Waals surface area (Å²) in [5, 5.41) is 12.0. The summed E-state index contributed by atoms with van der Waals surface area (Å²) in [6.07, 6.45) is 5.47. The first-order chi connectivity index (χ1) is 8.40. The topological polar surface area (TPSA) is 74.5 Å². The summed E-state index contributed by atoms with van der Waals surface area (Å²) >= 11 is 0. The lowest BCUT2D eigenvalue weighted by Crippen LogP contribution is -2.08. The maximum absolute atomic E-state index is 8.85. The second-order valence-corrected chi connectivity index (χ2v) is 3.39. The molecule has 0 radical (unpaired) electrons. The Morgan fingerprint density at radius 2 is 2.24 bits per heavy atom. The number of nitriles is 1. The van der Waals surface area contributed by atoms with Crippen molar-refractivity contribution < 1.29 is 0 Å². The van der Waals surface area contributed by atoms with Gasteiger partial charge in [-0.05, 0) is 12.1 Å². The van der Waals surface area contributed by atoms with Gasteiger partial charge in [0.1, 0.15) is 23.8 Å². The highest BCUT2D eigenvalue weighted by molar-refractivity contribution is 5.49. The molecule has 0 amide bonds. The second kappa shape index (κ2) is 5.56. The van der Waals surface area contributed by atoms with Gasteiger partial charge in [-0.15, -0.1) is 0 Å². The number of hydrogen-bond acceptors (Lipinski definition) is 5. The smallest absolute Gasteiger partial charge is 0.147 e. The summed E-state index contributed by atoms with van der Waals surface area (Å²) in [6, 6.07) is 7.84. The van der Waals surface area contributed by atoms with E-state index in [-0.39, 0.29) is 0 Å². The van der Waals surface area contributed by atoms with Crippen LogP contribution >= 0.6 is 0 Å². The minimum atomic E-state index is 0.452. The molecule has 0 aromatic carbocycles. The standard InChI is InChI=1S/C12H11N5/c13-7-10-8-14-9-17-12(10)16-6-4-11-3-1-2-5-15-11/h1-3,5,8-9H,4,6H2,(H,14,16,17). The van der Waals surface area contributed by atoms with Crippen molar-refractivity contribution in [3.63, 3.8) is 0 Å². The average molecular weight is 225 g/mol. The van der Waals surface area contributed by atoms with Crippen molar-refractivity contribution in [2.24, 2.45) is 0 Å². The molecule has 0 fully saturated rings. The van der Waals surface area contributed by atoms with Gasteiger partial charge in [-0.3, -0.25) is 4.98 Å². The zero-order chi connectivity index (χ0) is 11.9. The third kappa shape index (κ3) is 2.98. The van der Waals surface area contributed by atoms with Gasteiger partial charge in [-0.2, -0.15) is 5.26 Å². The van der Waals surface area contributed by atoms with Gasteiger partial charge in [0, 0.05) is 24.9 Å². The van der Waals surface area contributed by atoms with Crippen molar-refractivity contribution in [2.45, 2.75) is 6.42 Å². The van der Waals surface area contributed by atoms with Crippen LogP contribution < -0.4 is 5.32 Å². The van der Waals surface area contributed by atoms with Crippen LogP contribution in [0.3, 0.4) is 0 Å². The van der Waals surface area contributed by atoms with E-state index in [4.69, 9.17) is 5.26 Å². The molecule has 0 saturated heterocycles. The Bertz CT molecular complexity index is 518. The number of nitrogens with zero attached hydrogens (tertiary/aromatic N) is 4. The van der Waals surface area contributed by atoms with E-state index in [0.717, 1.165) is 12.1 Å². The summed E-state index contributed by atoms with van der Waals surface area (Å²) in [6.45, 7) is 0.683. The molecule has 0 aliphatic heterocycles. The highest BCUT2D eigenvalue weighted by atomic mass is 15.0. The summed E-state index contributed by atoms with van der Waals surface area (Å²) in [7, 11) is 0. The molecule has 0 bridgehead atoms. The molecule has 0 spiro atoms. The average Bonchev–Trinajstić information content (AvgIpc) is 2.40. The quantitative estimate of drug-likeness (QED) is 0.851. The molecule has 2 aromatic rings. The molecule has 17 heavy (non-hydrogen) atoms. The van der Waals surface area contributed by atoms with Gasteiger partial charge in [0.2, 0.25) is 0 Å². The fourth-order valence-corrected chi connectivity index (χ4v) is 1.41. The van der Waals surface area contributed by atoms with Gasteiger partial charge in [0.15, 0.2) is 0 Å². The van der Waals surface area contributed by atoms with E-state index in [1.165, 1.54) is 12.5 Å². The SMILES string of the molecule is N#Cc1cncnc1NCCc1ccccn1. The van der Waals surface area contributed by atoms with Crippen molar-refractivity contribution in [1.29, 1.82) is 5.26 Å². The Labute approximate surface area is 99.2 Å². The van der Waals surface area contributed by atoms with Gasteiger partial charge in [-0.25, -0.2) is 9.97 Å². The van der Waals surface area contributed by atoms with Gasteiger partial charge < -0.3 is 5.32 Å². The van der Waals surface area contributed by atoms with Crippen LogP contribution in [0.15, 0.2) is 36.9 Å². The third-order valence-corrected chi connectivity index (χ3v) is 2.23. The molecule has 0 saturated carbocycles. The third-order valence-electron chi connectivity index (χ3n) is 2.23. The molecular formula is C12H11N5. The number of anilines is 1. The lowest BCUT2D eigenvalue weighted by atomic mass is 10.2. The summed E-state index contributed by atoms with van der Waals surface area (Å²) < 4.78 is 0. The largest absolute Gasteiger partial charge is 0.368 e. The first kappa shape index (κ1) is 11.0. The van der Waals surface area contributed by atoms with Crippen LogP contribution in [0.5, 0.6) is 0 Å². The molecule has 2 aromatic heterocycles. The zero-order valence-corrected chi connectivity index (χ0v) is 9.17. The molecule has 0 aliphatic carbocycles. The van der Waals surface area contributed by atoms with Crippen molar-refractivity contribution in [3.8, 4) is 6.07 Å². The first-order valence-electron chi connectivity index (χ1n) is 5.24. The van der Waals surface area contributed by atoms with Crippen LogP contribution in [0.4, 0.5) is 5.82 Å². The predicted octanol–water partition coefficient (Wildman–Crippen LogP) is 1.40. The molecule has 84 valence electrons. The van der Waals surface area contributed by atoms with Crippen LogP contribution in [0, 0.1) is 11.3 Å². The highest BCUT2D eigenvalue weighted by Crippen LogP contribution is 2.07. The summed E-state index contributed by atoms with van der Waals surface area (Å²) in [5.41, 5.74) is 1.46. The number of aromatic nitrogens is 3. The number of hydrogen-bond donors (Lipinski definition) is 1. The van der Waals surface area contributed by atoms with Crippen LogP contribution in [0.1, 0.15) is 11.3 Å². The Hall–Kier alpha value is -2.48. The second-order valence-electron chi connectivity index (χ2n) is 3.39. The molecule has 1 N–H and O–H groups in total. The minimum absolute atomic E-state index is 0.452. The van der Waals surface area contributed by atoms with E-state index >= 15 is 0 Å². The molecule has 5 heteroatoms. The van der Waals surface area contributed by atoms with Gasteiger partial charge in [0.25, 0.3) is 0 Å². The molecule has 0 unspecified atom stereocenters. The van der Waals surface area contributed by atoms with Crippen LogP contribution in [0.2, 0.25) is 0 Å². The fourth-order valence-electron chi connectivity index (χ4n) is 1.41. The van der Waals surface area contributed by atoms with Gasteiger partial charge in [-0.1, -0.05) is 6.07 Å². The monoisotopic (exact) mass is 225 g/mol. The maximum Gasteiger partial charge on any atom is 0.147 e. The normalized spacial score (nSPS) is 9.59. The molecule has 0 atom stereocenters. The molecule has 0 aliphatic rings. The van der Waals surface area contributed by atoms with Crippen LogP contribution in [-0.2, 0) is 6.42 Å². The van der Waals surface area contributed by atoms with E-state index < -0.39 is 0 Å². The van der Waals surface area contributed by atoms with Gasteiger partial charge in [0.05, 0.1) is 6.20 Å². The summed E-state index contributed by atoms with van der Waals surface area (Å²) in [5.74, 6) is 0.568. The highest BCUT2D eigenvalue weighted by Gasteiger charge is 2.01. The van der Waals surface area contributed by atoms with Crippen LogP contribution in [-0.4, -0.2) is 21.5 Å². The van der Waals surface area contributed by atoms with E-state index in [1.807, 2.05) is 24.3 Å². The Morgan fingerprint density at radius 1 is 1.29 bits per heavy atom. The Balaban J connectivity index is 1.93. The maximum atomic E-state index is 8.85. The molecule has 2 heterocycles. The molecule has 2 rings (SSSR count). The minimum Gasteiger partial charge on any atom is -0.368 e. The van der Waals surface area contributed by atoms with E-state index in [9.17, 15) is 0 Å². The van der Waals surface area contributed by atoms with E-state index in [0.29, 0.717) is 17.9 Å². The predicted molar refractivity (Wildman–Crippen MR) is 63.2 cm³/mol. The van der Waals surface area contributed by atoms with Crippen molar-refractivity contribution in [2.75, 3.05) is 11.9 Å². The van der Waals surface area contributed by atoms with E-state index in [2.05, 4.69) is 20.3 Å². The Kier molecular flexibility index (Phi) is 3.61. The molecule has 5 nitrogen and oxygen atoms in total. The van der Waals surface area contributed by atoms with E-state index in [1.54, 1.807) is 6.20 Å². The van der Waals surface area contributed by atoms with Crippen molar-refractivity contribution in [3.05, 3.63) is 48.2 Å². The molecular weight excluding hydrogens is 214 g/mol. The summed E-state index contributed by atoms with van der Waals surface area (Å²) in [4.78, 5) is 12.0. The Morgan fingerprint density at radius 3 is 3.00 bits per heavy atom. The van der Waals surface area contributed by atoms with Crippen molar-refractivity contribution in [1.82, 2.24) is 15.0 Å².